The van der Waals surface area contributed by atoms with Crippen molar-refractivity contribution >= 4 is 16.7 Å². The number of aliphatic hydroxyl groups is 3. The lowest BCUT2D eigenvalue weighted by atomic mass is 10.0. The number of rotatable bonds is 8. The average molecular weight is 482 g/mol. The molecule has 0 aliphatic carbocycles. The van der Waals surface area contributed by atoms with Gasteiger partial charge in [-0.15, -0.1) is 0 Å². The van der Waals surface area contributed by atoms with Gasteiger partial charge in [-0.2, -0.15) is 0 Å². The van der Waals surface area contributed by atoms with Crippen LogP contribution >= 0.6 is 0 Å². The molecular formula is C22H26O12. The number of phenolic OH excluding ortho intramolecular Hbond substituents is 2. The van der Waals surface area contributed by atoms with Gasteiger partial charge in [0, 0.05) is 12.8 Å². The Bertz CT molecular complexity index is 1100. The monoisotopic (exact) mass is 482 g/mol. The second-order valence-corrected chi connectivity index (χ2v) is 7.64. The maximum atomic E-state index is 12.4. The fourth-order valence-electron chi connectivity index (χ4n) is 3.53. The molecule has 0 radical (unpaired) electrons. The van der Waals surface area contributed by atoms with Gasteiger partial charge < -0.3 is 49.6 Å². The number of fused-ring (bicyclic) bond motifs is 1. The van der Waals surface area contributed by atoms with Crippen LogP contribution in [0.15, 0.2) is 23.0 Å². The lowest BCUT2D eigenvalue weighted by Gasteiger charge is -2.36. The van der Waals surface area contributed by atoms with Gasteiger partial charge in [-0.05, 0) is 23.6 Å². The Balaban J connectivity index is 1.70. The molecule has 34 heavy (non-hydrogen) atoms. The second-order valence-electron chi connectivity index (χ2n) is 7.64. The average Bonchev–Trinajstić information content (AvgIpc) is 2.94. The third-order valence-corrected chi connectivity index (χ3v) is 5.32. The van der Waals surface area contributed by atoms with Crippen LogP contribution in [0.4, 0.5) is 0 Å². The minimum atomic E-state index is -1.21. The number of methoxy groups -OCH3 is 1. The molecule has 1 aliphatic rings. The summed E-state index contributed by atoms with van der Waals surface area (Å²) in [6.07, 6.45) is -3.83. The van der Waals surface area contributed by atoms with Crippen LogP contribution in [-0.4, -0.2) is 88.1 Å². The topological polar surface area (TPSA) is 192 Å². The maximum absolute atomic E-state index is 12.4. The first kappa shape index (κ1) is 25.5. The summed E-state index contributed by atoms with van der Waals surface area (Å²) in [6.45, 7) is -0.381. The Labute approximate surface area is 193 Å². The van der Waals surface area contributed by atoms with Gasteiger partial charge in [0.05, 0.1) is 44.0 Å². The molecule has 0 spiro atoms. The molecule has 0 saturated carbocycles. The Hall–Kier alpha value is -3.16. The van der Waals surface area contributed by atoms with E-state index < -0.39 is 65.2 Å². The zero-order chi connectivity index (χ0) is 25.0. The van der Waals surface area contributed by atoms with E-state index in [1.54, 1.807) is 0 Å². The molecule has 3 rings (SSSR count). The van der Waals surface area contributed by atoms with Gasteiger partial charge in [-0.1, -0.05) is 0 Å². The van der Waals surface area contributed by atoms with Crippen molar-refractivity contribution in [1.82, 2.24) is 0 Å². The summed E-state index contributed by atoms with van der Waals surface area (Å²) in [5, 5.41) is 58.9. The fourth-order valence-corrected chi connectivity index (χ4v) is 3.53. The van der Waals surface area contributed by atoms with Crippen molar-refractivity contribution < 1.29 is 54.4 Å². The standard InChI is InChI=1S/C22H26O12/c1-31-22(30)11-5-10-7-14(20(28)21(29)17(10)19(27)12(24)6-11)32-3-2-4-33-16-8-13(25)18(26)15(9-23)34-16/h5-7,13,15-16,18,23,25-26,28-29H,2-4,8-9H2,1H3,(H,24,27)/t13-,15-,16-,18+/m1/s1. The Morgan fingerprint density at radius 2 is 1.85 bits per heavy atom. The zero-order valence-electron chi connectivity index (χ0n) is 18.2. The number of carbonyl (C=O) groups excluding carboxylic acids is 1. The number of carbonyl (C=O) groups is 1. The number of aromatic hydroxyl groups is 3. The van der Waals surface area contributed by atoms with Crippen LogP contribution in [0.1, 0.15) is 23.2 Å². The molecule has 0 aromatic heterocycles. The number of ether oxygens (including phenoxy) is 4. The second kappa shape index (κ2) is 10.8. The lowest BCUT2D eigenvalue weighted by molar-refractivity contribution is -0.257. The van der Waals surface area contributed by atoms with Gasteiger partial charge >= 0.3 is 5.97 Å². The van der Waals surface area contributed by atoms with Gasteiger partial charge in [-0.3, -0.25) is 4.79 Å². The molecule has 1 aliphatic heterocycles. The van der Waals surface area contributed by atoms with Crippen molar-refractivity contribution in [3.63, 3.8) is 0 Å². The SMILES string of the molecule is COC(=O)c1cc(O)c(=O)c2c(O)c(O)c(OCCCO[C@H]3C[C@@H](O)[C@H](O)[C@@H](CO)O3)cc2c1. The van der Waals surface area contributed by atoms with Crippen molar-refractivity contribution in [2.24, 2.45) is 0 Å². The molecule has 2 aromatic rings. The van der Waals surface area contributed by atoms with Crippen molar-refractivity contribution in [2.45, 2.75) is 37.4 Å². The molecule has 2 aromatic carbocycles. The normalized spacial score (nSPS) is 22.5. The maximum Gasteiger partial charge on any atom is 0.338 e. The number of esters is 1. The Kier molecular flexibility index (Phi) is 8.12. The number of benzene rings is 1. The van der Waals surface area contributed by atoms with E-state index in [1.165, 1.54) is 12.1 Å². The van der Waals surface area contributed by atoms with E-state index >= 15 is 0 Å². The van der Waals surface area contributed by atoms with Crippen molar-refractivity contribution in [3.05, 3.63) is 34.0 Å². The smallest absolute Gasteiger partial charge is 0.338 e. The summed E-state index contributed by atoms with van der Waals surface area (Å²) in [6, 6.07) is 3.33. The number of hydrogen-bond donors (Lipinski definition) is 6. The molecule has 4 atom stereocenters. The largest absolute Gasteiger partial charge is 0.504 e. The molecule has 1 saturated heterocycles. The highest BCUT2D eigenvalue weighted by Gasteiger charge is 2.36. The molecule has 0 amide bonds. The van der Waals surface area contributed by atoms with Crippen LogP contribution in [0.5, 0.6) is 23.0 Å². The minimum absolute atomic E-state index is 0.00185. The molecule has 0 bridgehead atoms. The number of phenols is 2. The molecular weight excluding hydrogens is 456 g/mol. The van der Waals surface area contributed by atoms with Gasteiger partial charge in [0.15, 0.2) is 23.5 Å². The number of aliphatic hydroxyl groups excluding tert-OH is 3. The van der Waals surface area contributed by atoms with Gasteiger partial charge in [0.1, 0.15) is 12.2 Å². The first-order chi connectivity index (χ1) is 16.2. The highest BCUT2D eigenvalue weighted by molar-refractivity contribution is 5.98. The highest BCUT2D eigenvalue weighted by atomic mass is 16.7. The summed E-state index contributed by atoms with van der Waals surface area (Å²) in [5.41, 5.74) is -1.16. The Morgan fingerprint density at radius 1 is 1.12 bits per heavy atom. The first-order valence-electron chi connectivity index (χ1n) is 10.4. The van der Waals surface area contributed by atoms with Crippen LogP contribution in [0.2, 0.25) is 0 Å². The summed E-state index contributed by atoms with van der Waals surface area (Å²) >= 11 is 0. The van der Waals surface area contributed by atoms with Crippen molar-refractivity contribution in [1.29, 1.82) is 0 Å². The van der Waals surface area contributed by atoms with Gasteiger partial charge in [0.25, 0.3) is 0 Å². The summed E-state index contributed by atoms with van der Waals surface area (Å²) < 4.78 is 20.9. The van der Waals surface area contributed by atoms with E-state index in [9.17, 15) is 40.2 Å². The van der Waals surface area contributed by atoms with Crippen LogP contribution < -0.4 is 10.2 Å². The molecule has 6 N–H and O–H groups in total. The predicted octanol–water partition coefficient (Wildman–Crippen LogP) is -0.282. The van der Waals surface area contributed by atoms with E-state index in [0.29, 0.717) is 0 Å². The molecule has 12 nitrogen and oxygen atoms in total. The van der Waals surface area contributed by atoms with E-state index in [1.807, 2.05) is 0 Å². The first-order valence-corrected chi connectivity index (χ1v) is 10.4. The quantitative estimate of drug-likeness (QED) is 0.164. The van der Waals surface area contributed by atoms with E-state index in [2.05, 4.69) is 4.74 Å². The molecule has 1 heterocycles. The summed E-state index contributed by atoms with van der Waals surface area (Å²) in [5.74, 6) is -3.38. The van der Waals surface area contributed by atoms with Crippen LogP contribution in [0.3, 0.4) is 0 Å². The van der Waals surface area contributed by atoms with Crippen molar-refractivity contribution in [3.8, 4) is 23.0 Å². The fraction of sp³-hybridized carbons (Fsp3) is 0.455. The van der Waals surface area contributed by atoms with Crippen LogP contribution in [-0.2, 0) is 14.2 Å². The van der Waals surface area contributed by atoms with E-state index in [4.69, 9.17) is 14.2 Å². The molecule has 186 valence electrons. The predicted molar refractivity (Wildman–Crippen MR) is 115 cm³/mol. The van der Waals surface area contributed by atoms with Gasteiger partial charge in [-0.25, -0.2) is 4.79 Å². The van der Waals surface area contributed by atoms with Crippen LogP contribution in [0, 0.1) is 0 Å². The molecule has 1 fully saturated rings. The summed E-state index contributed by atoms with van der Waals surface area (Å²) in [7, 11) is 1.12. The molecule has 12 heteroatoms. The third-order valence-electron chi connectivity index (χ3n) is 5.32. The summed E-state index contributed by atoms with van der Waals surface area (Å²) in [4.78, 5) is 24.3. The number of hydrogen-bond acceptors (Lipinski definition) is 12. The Morgan fingerprint density at radius 3 is 2.53 bits per heavy atom. The minimum Gasteiger partial charge on any atom is -0.504 e. The zero-order valence-corrected chi connectivity index (χ0v) is 18.2. The molecule has 0 unspecified atom stereocenters. The van der Waals surface area contributed by atoms with E-state index in [0.717, 1.165) is 13.2 Å². The lowest BCUT2D eigenvalue weighted by Crippen LogP contribution is -2.50. The van der Waals surface area contributed by atoms with Crippen LogP contribution in [0.25, 0.3) is 10.8 Å². The van der Waals surface area contributed by atoms with Crippen molar-refractivity contribution in [2.75, 3.05) is 26.9 Å². The highest BCUT2D eigenvalue weighted by Crippen LogP contribution is 2.41. The van der Waals surface area contributed by atoms with Gasteiger partial charge in [0.2, 0.25) is 11.2 Å². The third kappa shape index (κ3) is 5.32. The van der Waals surface area contributed by atoms with E-state index in [-0.39, 0.29) is 42.8 Å².